The number of aryl methyl sites for hydroxylation is 1. The van der Waals surface area contributed by atoms with E-state index < -0.39 is 11.6 Å². The van der Waals surface area contributed by atoms with E-state index >= 15 is 0 Å². The summed E-state index contributed by atoms with van der Waals surface area (Å²) in [4.78, 5) is 21.5. The first-order valence-electron chi connectivity index (χ1n) is 11.2. The first-order valence-corrected chi connectivity index (χ1v) is 11.2. The number of benzene rings is 2. The van der Waals surface area contributed by atoms with Crippen LogP contribution in [-0.4, -0.2) is 29.8 Å². The van der Waals surface area contributed by atoms with Crippen LogP contribution in [0.15, 0.2) is 41.2 Å². The minimum absolute atomic E-state index is 0.0566. The van der Waals surface area contributed by atoms with Gasteiger partial charge in [0.25, 0.3) is 5.56 Å². The highest BCUT2D eigenvalue weighted by Crippen LogP contribution is 2.33. The zero-order valence-electron chi connectivity index (χ0n) is 19.2. The number of halogens is 2. The van der Waals surface area contributed by atoms with Gasteiger partial charge in [0.1, 0.15) is 11.6 Å². The lowest BCUT2D eigenvalue weighted by Gasteiger charge is -2.23. The van der Waals surface area contributed by atoms with E-state index in [0.717, 1.165) is 32.4 Å². The molecule has 6 nitrogen and oxygen atoms in total. The lowest BCUT2D eigenvalue weighted by molar-refractivity contribution is 0.350. The van der Waals surface area contributed by atoms with E-state index in [2.05, 4.69) is 10.2 Å². The second-order valence-electron chi connectivity index (χ2n) is 8.48. The largest absolute Gasteiger partial charge is 0.494 e. The highest BCUT2D eigenvalue weighted by molar-refractivity contribution is 5.81. The molecular weight excluding hydrogens is 438 g/mol. The van der Waals surface area contributed by atoms with Crippen molar-refractivity contribution in [3.63, 3.8) is 0 Å². The minimum atomic E-state index is -0.696. The van der Waals surface area contributed by atoms with Crippen molar-refractivity contribution in [1.29, 1.82) is 0 Å². The molecule has 2 heterocycles. The van der Waals surface area contributed by atoms with Crippen molar-refractivity contribution in [1.82, 2.24) is 14.9 Å². The molecule has 3 aromatic rings. The Kier molecular flexibility index (Phi) is 7.03. The topological polar surface area (TPSA) is 60.5 Å². The molecule has 0 unspecified atom stereocenters. The predicted octanol–water partition coefficient (Wildman–Crippen LogP) is 4.88. The summed E-state index contributed by atoms with van der Waals surface area (Å²) in [5.41, 5.74) is 0.659. The highest BCUT2D eigenvalue weighted by Gasteiger charge is 2.21. The summed E-state index contributed by atoms with van der Waals surface area (Å²) in [5.74, 6) is -0.116. The number of piperidine rings is 1. The van der Waals surface area contributed by atoms with Crippen molar-refractivity contribution in [2.45, 2.75) is 25.7 Å². The van der Waals surface area contributed by atoms with Crippen molar-refractivity contribution in [3.05, 3.63) is 75.6 Å². The van der Waals surface area contributed by atoms with Gasteiger partial charge in [0.05, 0.1) is 24.9 Å². The van der Waals surface area contributed by atoms with Crippen LogP contribution in [0.3, 0.4) is 0 Å². The molecule has 1 aliphatic heterocycles. The first-order chi connectivity index (χ1) is 16.4. The molecule has 0 saturated carbocycles. The van der Waals surface area contributed by atoms with Crippen LogP contribution >= 0.6 is 0 Å². The van der Waals surface area contributed by atoms with Crippen molar-refractivity contribution >= 4 is 5.69 Å². The molecule has 0 amide bonds. The summed E-state index contributed by atoms with van der Waals surface area (Å²) >= 11 is 0. The number of nitrogens with one attached hydrogen (secondary N) is 1. The van der Waals surface area contributed by atoms with Crippen LogP contribution in [0.1, 0.15) is 25.1 Å². The Morgan fingerprint density at radius 2 is 1.85 bits per heavy atom. The van der Waals surface area contributed by atoms with Crippen LogP contribution in [0, 0.1) is 24.1 Å². The molecule has 0 spiro atoms. The quantitative estimate of drug-likeness (QED) is 0.528. The summed E-state index contributed by atoms with van der Waals surface area (Å²) < 4.78 is 35.5. The summed E-state index contributed by atoms with van der Waals surface area (Å²) in [5, 5.41) is 3.35. The summed E-state index contributed by atoms with van der Waals surface area (Å²) in [7, 11) is 3.02. The van der Waals surface area contributed by atoms with Crippen LogP contribution in [0.4, 0.5) is 14.5 Å². The minimum Gasteiger partial charge on any atom is -0.494 e. The van der Waals surface area contributed by atoms with Crippen molar-refractivity contribution in [3.8, 4) is 28.1 Å². The predicted molar refractivity (Wildman–Crippen MR) is 127 cm³/mol. The Bertz CT molecular complexity index is 1310. The molecule has 8 heteroatoms. The van der Waals surface area contributed by atoms with Gasteiger partial charge in [0.15, 0.2) is 11.6 Å². The molecule has 0 atom stereocenters. The van der Waals surface area contributed by atoms with E-state index in [1.807, 2.05) is 0 Å². The number of ether oxygens (including phenoxy) is 1. The van der Waals surface area contributed by atoms with Gasteiger partial charge in [-0.05, 0) is 62.0 Å². The Hall–Kier alpha value is -3.57. The molecule has 1 aliphatic rings. The number of rotatable bonds is 6. The van der Waals surface area contributed by atoms with Crippen LogP contribution in [0.25, 0.3) is 27.2 Å². The third-order valence-electron chi connectivity index (χ3n) is 6.40. The van der Waals surface area contributed by atoms with E-state index in [1.54, 1.807) is 19.2 Å². The smallest absolute Gasteiger partial charge is 0.261 e. The highest BCUT2D eigenvalue weighted by atomic mass is 19.1. The van der Waals surface area contributed by atoms with Gasteiger partial charge in [-0.15, -0.1) is 0 Å². The van der Waals surface area contributed by atoms with Gasteiger partial charge >= 0.3 is 0 Å². The summed E-state index contributed by atoms with van der Waals surface area (Å²) in [6, 6.07) is 8.39. The monoisotopic (exact) mass is 464 g/mol. The lowest BCUT2D eigenvalue weighted by Crippen LogP contribution is -2.29. The third kappa shape index (κ3) is 4.70. The molecule has 0 bridgehead atoms. The second kappa shape index (κ2) is 10.1. The van der Waals surface area contributed by atoms with E-state index in [9.17, 15) is 13.6 Å². The van der Waals surface area contributed by atoms with Crippen molar-refractivity contribution < 1.29 is 13.5 Å². The van der Waals surface area contributed by atoms with Gasteiger partial charge in [0, 0.05) is 19.0 Å². The van der Waals surface area contributed by atoms with Crippen LogP contribution in [0.2, 0.25) is 0 Å². The van der Waals surface area contributed by atoms with E-state index in [4.69, 9.17) is 16.3 Å². The maximum absolute atomic E-state index is 14.5. The van der Waals surface area contributed by atoms with Crippen LogP contribution in [0.5, 0.6) is 5.75 Å². The second-order valence-corrected chi connectivity index (χ2v) is 8.48. The maximum atomic E-state index is 14.5. The van der Waals surface area contributed by atoms with E-state index in [-0.39, 0.29) is 28.3 Å². The third-order valence-corrected chi connectivity index (χ3v) is 6.40. The van der Waals surface area contributed by atoms with Gasteiger partial charge in [-0.1, -0.05) is 18.2 Å². The van der Waals surface area contributed by atoms with E-state index in [0.29, 0.717) is 29.3 Å². The fourth-order valence-corrected chi connectivity index (χ4v) is 4.41. The number of aromatic nitrogens is 2. The lowest BCUT2D eigenvalue weighted by atomic mass is 9.93. The van der Waals surface area contributed by atoms with Gasteiger partial charge in [-0.2, -0.15) is 0 Å². The number of hydrogen-bond donors (Lipinski definition) is 1. The van der Waals surface area contributed by atoms with E-state index in [1.165, 1.54) is 35.9 Å². The molecule has 0 radical (unpaired) electrons. The maximum Gasteiger partial charge on any atom is 0.261 e. The number of methoxy groups -OCH3 is 1. The molecule has 34 heavy (non-hydrogen) atoms. The Balaban J connectivity index is 1.85. The fraction of sp³-hybridized carbons (Fsp3) is 0.346. The van der Waals surface area contributed by atoms with Crippen molar-refractivity contribution in [2.24, 2.45) is 13.0 Å². The average molecular weight is 465 g/mol. The zero-order chi connectivity index (χ0) is 24.2. The number of nitrogens with zero attached hydrogens (tertiary/aromatic N) is 3. The molecule has 1 saturated heterocycles. The summed E-state index contributed by atoms with van der Waals surface area (Å²) in [6.07, 6.45) is 3.65. The average Bonchev–Trinajstić information content (AvgIpc) is 2.85. The Morgan fingerprint density at radius 1 is 1.15 bits per heavy atom. The molecule has 4 rings (SSSR count). The molecule has 1 aromatic heterocycles. The van der Waals surface area contributed by atoms with Gasteiger partial charge in [-0.3, -0.25) is 9.36 Å². The molecule has 1 N–H and O–H groups in total. The van der Waals surface area contributed by atoms with Crippen molar-refractivity contribution in [2.75, 3.05) is 20.2 Å². The SMILES string of the molecule is [C-]#[N+]c1ccc(-c2nc(CCC3CCNCC3)n(C)c(=O)c2-c2ccc(OC)c(F)c2)cc1F. The van der Waals surface area contributed by atoms with Gasteiger partial charge in [-0.25, -0.2) is 18.6 Å². The molecular formula is C26H26F2N4O2. The van der Waals surface area contributed by atoms with Gasteiger partial charge in [0.2, 0.25) is 5.69 Å². The standard InChI is InChI=1S/C26H26F2N4O2/c1-29-21-7-5-18(15-19(21)27)25-24(17-6-8-22(34-3)20(28)14-17)26(33)32(2)23(31-25)9-4-16-10-12-30-13-11-16/h5-8,14-16,30H,4,9-13H2,2-3H3. The normalized spacial score (nSPS) is 14.1. The summed E-state index contributed by atoms with van der Waals surface area (Å²) in [6.45, 7) is 9.07. The number of hydrogen-bond acceptors (Lipinski definition) is 4. The molecule has 1 fully saturated rings. The van der Waals surface area contributed by atoms with Gasteiger partial charge < -0.3 is 10.1 Å². The van der Waals surface area contributed by atoms with Crippen LogP contribution < -0.4 is 15.6 Å². The molecule has 2 aromatic carbocycles. The van der Waals surface area contributed by atoms with Crippen LogP contribution in [-0.2, 0) is 13.5 Å². The molecule has 0 aliphatic carbocycles. The Morgan fingerprint density at radius 3 is 2.50 bits per heavy atom. The zero-order valence-corrected chi connectivity index (χ0v) is 19.2. The molecule has 176 valence electrons. The Labute approximate surface area is 197 Å². The first kappa shape index (κ1) is 23.6. The fourth-order valence-electron chi connectivity index (χ4n) is 4.41.